The van der Waals surface area contributed by atoms with Crippen LogP contribution in [0.4, 0.5) is 0 Å². The van der Waals surface area contributed by atoms with Crippen LogP contribution in [0.1, 0.15) is 15.9 Å². The quantitative estimate of drug-likeness (QED) is 0.773. The van der Waals surface area contributed by atoms with Crippen molar-refractivity contribution in [3.63, 3.8) is 0 Å². The first-order chi connectivity index (χ1) is 11.9. The second-order valence-electron chi connectivity index (χ2n) is 5.40. The number of halogens is 1. The number of carbonyl (C=O) groups is 2. The van der Waals surface area contributed by atoms with Gasteiger partial charge in [-0.1, -0.05) is 41.9 Å². The van der Waals surface area contributed by atoms with Gasteiger partial charge in [-0.2, -0.15) is 0 Å². The van der Waals surface area contributed by atoms with E-state index in [4.69, 9.17) is 16.4 Å². The van der Waals surface area contributed by atoms with Gasteiger partial charge in [0.1, 0.15) is 11.8 Å². The highest BCUT2D eigenvalue weighted by molar-refractivity contribution is 6.31. The van der Waals surface area contributed by atoms with E-state index in [2.05, 4.69) is 5.32 Å². The Morgan fingerprint density at radius 2 is 1.92 bits per heavy atom. The van der Waals surface area contributed by atoms with E-state index in [1.54, 1.807) is 0 Å². The van der Waals surface area contributed by atoms with Gasteiger partial charge in [0.25, 0.3) is 11.8 Å². The number of carbonyl (C=O) groups excluding carboxylic acids is 2. The number of aromatic hydroxyl groups is 1. The third-order valence-corrected chi connectivity index (χ3v) is 3.91. The van der Waals surface area contributed by atoms with Crippen LogP contribution in [0, 0.1) is 0 Å². The van der Waals surface area contributed by atoms with Gasteiger partial charge in [-0.3, -0.25) is 14.4 Å². The fraction of sp³-hybridized carbons (Fsp3) is 0.222. The van der Waals surface area contributed by atoms with E-state index >= 15 is 0 Å². The lowest BCUT2D eigenvalue weighted by molar-refractivity contribution is -0.170. The Bertz CT molecular complexity index is 752. The van der Waals surface area contributed by atoms with E-state index < -0.39 is 17.9 Å². The molecule has 0 aliphatic rings. The fourth-order valence-electron chi connectivity index (χ4n) is 2.29. The second kappa shape index (κ2) is 8.50. The van der Waals surface area contributed by atoms with Gasteiger partial charge < -0.3 is 10.4 Å². The highest BCUT2D eigenvalue weighted by Gasteiger charge is 2.26. The molecule has 0 unspecified atom stereocenters. The number of hydrogen-bond acceptors (Lipinski definition) is 4. The highest BCUT2D eigenvalue weighted by Crippen LogP contribution is 2.21. The molecular formula is C18H19ClN2O4. The first kappa shape index (κ1) is 18.8. The third kappa shape index (κ3) is 4.95. The first-order valence-electron chi connectivity index (χ1n) is 7.57. The van der Waals surface area contributed by atoms with E-state index in [0.717, 1.165) is 10.6 Å². The van der Waals surface area contributed by atoms with Crippen molar-refractivity contribution in [2.45, 2.75) is 12.5 Å². The zero-order valence-electron chi connectivity index (χ0n) is 13.9. The minimum atomic E-state index is -0.863. The van der Waals surface area contributed by atoms with Gasteiger partial charge in [-0.05, 0) is 23.8 Å². The lowest BCUT2D eigenvalue weighted by atomic mass is 10.0. The van der Waals surface area contributed by atoms with Gasteiger partial charge in [0.05, 0.1) is 12.7 Å². The average molecular weight is 363 g/mol. The molecule has 0 aliphatic carbocycles. The highest BCUT2D eigenvalue weighted by atomic mass is 35.5. The zero-order valence-corrected chi connectivity index (χ0v) is 14.7. The molecule has 132 valence electrons. The summed E-state index contributed by atoms with van der Waals surface area (Å²) in [5, 5.41) is 13.9. The summed E-state index contributed by atoms with van der Waals surface area (Å²) in [6.07, 6.45) is 0.278. The second-order valence-corrected chi connectivity index (χ2v) is 5.83. The third-order valence-electron chi connectivity index (χ3n) is 3.67. The monoisotopic (exact) mass is 362 g/mol. The maximum Gasteiger partial charge on any atom is 0.268 e. The van der Waals surface area contributed by atoms with Crippen molar-refractivity contribution in [2.24, 2.45) is 0 Å². The molecule has 1 atom stereocenters. The summed E-state index contributed by atoms with van der Waals surface area (Å²) in [5.41, 5.74) is 0.874. The van der Waals surface area contributed by atoms with Crippen molar-refractivity contribution in [3.8, 4) is 5.75 Å². The number of rotatable bonds is 6. The molecule has 0 fully saturated rings. The molecule has 0 aromatic heterocycles. The molecule has 0 spiro atoms. The minimum Gasteiger partial charge on any atom is -0.507 e. The Balaban J connectivity index is 2.24. The first-order valence-corrected chi connectivity index (χ1v) is 7.95. The van der Waals surface area contributed by atoms with E-state index in [1.807, 2.05) is 30.3 Å². The molecular weight excluding hydrogens is 344 g/mol. The molecule has 0 saturated heterocycles. The van der Waals surface area contributed by atoms with E-state index in [1.165, 1.54) is 32.4 Å². The number of phenolic OH excluding ortho intramolecular Hbond substituents is 1. The summed E-state index contributed by atoms with van der Waals surface area (Å²) >= 11 is 5.88. The smallest absolute Gasteiger partial charge is 0.268 e. The van der Waals surface area contributed by atoms with Gasteiger partial charge >= 0.3 is 0 Å². The van der Waals surface area contributed by atoms with Crippen molar-refractivity contribution < 1.29 is 19.5 Å². The Morgan fingerprint density at radius 1 is 1.24 bits per heavy atom. The lowest BCUT2D eigenvalue weighted by Crippen LogP contribution is -2.48. The lowest BCUT2D eigenvalue weighted by Gasteiger charge is -2.23. The predicted molar refractivity (Wildman–Crippen MR) is 94.3 cm³/mol. The number of phenols is 1. The molecule has 0 heterocycles. The minimum absolute atomic E-state index is 0.00145. The normalized spacial score (nSPS) is 11.6. The van der Waals surface area contributed by atoms with Crippen LogP contribution < -0.4 is 5.32 Å². The molecule has 0 aliphatic heterocycles. The summed E-state index contributed by atoms with van der Waals surface area (Å²) in [5.74, 6) is -1.23. The Labute approximate surface area is 150 Å². The molecule has 0 saturated carbocycles. The largest absolute Gasteiger partial charge is 0.507 e. The molecule has 2 amide bonds. The number of nitrogens with zero attached hydrogens (tertiary/aromatic N) is 1. The number of likely N-dealkylation sites (N-methyl/N-ethyl adjacent to an activating group) is 1. The summed E-state index contributed by atoms with van der Waals surface area (Å²) in [7, 11) is 2.82. The predicted octanol–water partition coefficient (Wildman–Crippen LogP) is 2.41. The van der Waals surface area contributed by atoms with Crippen LogP contribution in [0.2, 0.25) is 5.02 Å². The van der Waals surface area contributed by atoms with Crippen molar-refractivity contribution in [2.75, 3.05) is 14.2 Å². The van der Waals surface area contributed by atoms with E-state index in [0.29, 0.717) is 5.02 Å². The van der Waals surface area contributed by atoms with E-state index in [-0.39, 0.29) is 17.7 Å². The molecule has 7 heteroatoms. The van der Waals surface area contributed by atoms with Gasteiger partial charge in [0.2, 0.25) is 0 Å². The van der Waals surface area contributed by atoms with E-state index in [9.17, 15) is 14.7 Å². The number of hydroxylamine groups is 2. The number of hydrogen-bond donors (Lipinski definition) is 2. The number of nitrogens with one attached hydrogen (secondary N) is 1. The van der Waals surface area contributed by atoms with Gasteiger partial charge in [-0.25, -0.2) is 5.06 Å². The van der Waals surface area contributed by atoms with Crippen LogP contribution in [0.15, 0.2) is 48.5 Å². The van der Waals surface area contributed by atoms with Crippen molar-refractivity contribution in [3.05, 3.63) is 64.7 Å². The Morgan fingerprint density at radius 3 is 2.56 bits per heavy atom. The van der Waals surface area contributed by atoms with Crippen LogP contribution >= 0.6 is 11.6 Å². The average Bonchev–Trinajstić information content (AvgIpc) is 2.62. The Hall–Kier alpha value is -2.57. The molecule has 2 aromatic rings. The molecule has 0 radical (unpaired) electrons. The zero-order chi connectivity index (χ0) is 18.4. The van der Waals surface area contributed by atoms with Crippen molar-refractivity contribution >= 4 is 23.4 Å². The van der Waals surface area contributed by atoms with Crippen LogP contribution in [-0.4, -0.2) is 42.2 Å². The SMILES string of the molecule is CON(C)C(=O)[C@H](Cc1ccccc1)NC(=O)c1cc(Cl)ccc1O. The van der Waals surface area contributed by atoms with Crippen LogP contribution in [0.5, 0.6) is 5.75 Å². The molecule has 25 heavy (non-hydrogen) atoms. The maximum absolute atomic E-state index is 12.5. The topological polar surface area (TPSA) is 78.9 Å². The molecule has 0 bridgehead atoms. The summed E-state index contributed by atoms with van der Waals surface area (Å²) in [6, 6.07) is 12.6. The maximum atomic E-state index is 12.5. The molecule has 2 aromatic carbocycles. The van der Waals surface area contributed by atoms with Gasteiger partial charge in [0.15, 0.2) is 0 Å². The fourth-order valence-corrected chi connectivity index (χ4v) is 2.46. The van der Waals surface area contributed by atoms with Gasteiger partial charge in [-0.15, -0.1) is 0 Å². The van der Waals surface area contributed by atoms with Crippen molar-refractivity contribution in [1.29, 1.82) is 0 Å². The molecule has 2 rings (SSSR count). The van der Waals surface area contributed by atoms with Crippen LogP contribution in [0.3, 0.4) is 0 Å². The van der Waals surface area contributed by atoms with Gasteiger partial charge in [0, 0.05) is 18.5 Å². The standard InChI is InChI=1S/C18H19ClN2O4/c1-21(25-2)18(24)15(10-12-6-4-3-5-7-12)20-17(23)14-11-13(19)8-9-16(14)22/h3-9,11,15,22H,10H2,1-2H3,(H,20,23)/t15-/m0/s1. The number of amides is 2. The summed E-state index contributed by atoms with van der Waals surface area (Å²) in [4.78, 5) is 29.9. The van der Waals surface area contributed by atoms with Crippen LogP contribution in [-0.2, 0) is 16.1 Å². The number of benzene rings is 2. The van der Waals surface area contributed by atoms with Crippen molar-refractivity contribution in [1.82, 2.24) is 10.4 Å². The summed E-state index contributed by atoms with van der Waals surface area (Å²) in [6.45, 7) is 0. The molecule has 6 nitrogen and oxygen atoms in total. The molecule has 2 N–H and O–H groups in total. The van der Waals surface area contributed by atoms with Crippen LogP contribution in [0.25, 0.3) is 0 Å². The Kier molecular flexibility index (Phi) is 6.38. The summed E-state index contributed by atoms with van der Waals surface area (Å²) < 4.78 is 0.